The lowest BCUT2D eigenvalue weighted by atomic mass is 10.4. The molecule has 0 fully saturated rings. The van der Waals surface area contributed by atoms with E-state index >= 15 is 0 Å². The third-order valence-electron chi connectivity index (χ3n) is 1.11. The molecule has 0 N–H and O–H groups in total. The fourth-order valence-electron chi connectivity index (χ4n) is 0.623. The number of pyridine rings is 1. The van der Waals surface area contributed by atoms with Crippen LogP contribution < -0.4 is 4.74 Å². The van der Waals surface area contributed by atoms with E-state index < -0.39 is 28.1 Å². The minimum absolute atomic E-state index is 0.585. The second-order valence-electron chi connectivity index (χ2n) is 2.09. The summed E-state index contributed by atoms with van der Waals surface area (Å²) >= 11 is 10.3. The predicted molar refractivity (Wildman–Crippen MR) is 40.9 cm³/mol. The van der Waals surface area contributed by atoms with Gasteiger partial charge in [-0.25, -0.2) is 9.37 Å². The maximum absolute atomic E-state index is 12.8. The molecular weight excluding hydrogens is 249 g/mol. The molecule has 0 aliphatic rings. The van der Waals surface area contributed by atoms with E-state index in [4.69, 9.17) is 23.2 Å². The van der Waals surface area contributed by atoms with E-state index in [0.717, 1.165) is 0 Å². The van der Waals surface area contributed by atoms with Crippen molar-refractivity contribution in [1.29, 1.82) is 0 Å². The summed E-state index contributed by atoms with van der Waals surface area (Å²) in [4.78, 5) is 3.10. The molecule has 0 aliphatic heterocycles. The SMILES string of the molecule is Fc1c(Cl)ncc(OC(F)(F)F)c1Cl. The highest BCUT2D eigenvalue weighted by molar-refractivity contribution is 6.35. The molecule has 0 saturated heterocycles. The Morgan fingerprint density at radius 3 is 2.36 bits per heavy atom. The summed E-state index contributed by atoms with van der Waals surface area (Å²) in [5, 5.41) is -1.48. The first-order chi connectivity index (χ1) is 6.31. The number of hydrogen-bond acceptors (Lipinski definition) is 2. The molecule has 0 atom stereocenters. The third kappa shape index (κ3) is 2.62. The van der Waals surface area contributed by atoms with Gasteiger partial charge in [-0.1, -0.05) is 23.2 Å². The van der Waals surface area contributed by atoms with Crippen LogP contribution in [0.2, 0.25) is 10.2 Å². The number of rotatable bonds is 1. The minimum atomic E-state index is -4.95. The van der Waals surface area contributed by atoms with Gasteiger partial charge >= 0.3 is 6.36 Å². The van der Waals surface area contributed by atoms with Crippen LogP contribution in [0.25, 0.3) is 0 Å². The smallest absolute Gasteiger partial charge is 0.402 e. The van der Waals surface area contributed by atoms with Crippen LogP contribution in [0.1, 0.15) is 0 Å². The number of alkyl halides is 3. The van der Waals surface area contributed by atoms with E-state index in [1.54, 1.807) is 0 Å². The van der Waals surface area contributed by atoms with E-state index in [1.807, 2.05) is 0 Å². The van der Waals surface area contributed by atoms with Crippen LogP contribution >= 0.6 is 23.2 Å². The molecular formula is C6HCl2F4NO. The molecule has 78 valence electrons. The van der Waals surface area contributed by atoms with Crippen molar-refractivity contribution in [2.24, 2.45) is 0 Å². The van der Waals surface area contributed by atoms with Crippen LogP contribution in [-0.2, 0) is 0 Å². The lowest BCUT2D eigenvalue weighted by molar-refractivity contribution is -0.274. The molecule has 1 aromatic heterocycles. The summed E-state index contributed by atoms with van der Waals surface area (Å²) in [6.45, 7) is 0. The van der Waals surface area contributed by atoms with E-state index in [1.165, 1.54) is 0 Å². The fourth-order valence-corrected chi connectivity index (χ4v) is 0.992. The Morgan fingerprint density at radius 2 is 1.86 bits per heavy atom. The maximum atomic E-state index is 12.8. The molecule has 2 nitrogen and oxygen atoms in total. The highest BCUT2D eigenvalue weighted by Crippen LogP contribution is 2.33. The zero-order valence-electron chi connectivity index (χ0n) is 6.20. The van der Waals surface area contributed by atoms with Gasteiger partial charge in [-0.3, -0.25) is 0 Å². The molecule has 0 radical (unpaired) electrons. The van der Waals surface area contributed by atoms with Crippen LogP contribution in [0, 0.1) is 5.82 Å². The van der Waals surface area contributed by atoms with Gasteiger partial charge in [0.25, 0.3) is 0 Å². The van der Waals surface area contributed by atoms with Gasteiger partial charge in [-0.15, -0.1) is 13.2 Å². The molecule has 0 bridgehead atoms. The van der Waals surface area contributed by atoms with Gasteiger partial charge in [0.1, 0.15) is 5.02 Å². The number of hydrogen-bond donors (Lipinski definition) is 0. The van der Waals surface area contributed by atoms with Crippen LogP contribution in [0.15, 0.2) is 6.20 Å². The Hall–Kier alpha value is -0.750. The van der Waals surface area contributed by atoms with Crippen LogP contribution in [0.3, 0.4) is 0 Å². The van der Waals surface area contributed by atoms with Crippen molar-refractivity contribution < 1.29 is 22.3 Å². The molecule has 1 heterocycles. The van der Waals surface area contributed by atoms with E-state index in [-0.39, 0.29) is 0 Å². The molecule has 1 aromatic rings. The van der Waals surface area contributed by atoms with E-state index in [9.17, 15) is 17.6 Å². The highest BCUT2D eigenvalue weighted by Gasteiger charge is 2.33. The molecule has 0 aliphatic carbocycles. The Labute approximate surface area is 85.4 Å². The van der Waals surface area contributed by atoms with Crippen LogP contribution in [0.4, 0.5) is 17.6 Å². The number of aromatic nitrogens is 1. The highest BCUT2D eigenvalue weighted by atomic mass is 35.5. The first-order valence-electron chi connectivity index (χ1n) is 3.06. The number of nitrogens with zero attached hydrogens (tertiary/aromatic N) is 1. The van der Waals surface area contributed by atoms with Crippen molar-refractivity contribution in [1.82, 2.24) is 4.98 Å². The standard InChI is InChI=1S/C6HCl2F4NO/c7-3-2(14-6(10,11)12)1-13-5(8)4(3)9/h1H. The Morgan fingerprint density at radius 1 is 1.29 bits per heavy atom. The number of halogens is 6. The number of ether oxygens (including phenoxy) is 1. The lowest BCUT2D eigenvalue weighted by Gasteiger charge is -2.10. The van der Waals surface area contributed by atoms with Gasteiger partial charge in [-0.2, -0.15) is 0 Å². The second-order valence-corrected chi connectivity index (χ2v) is 2.83. The predicted octanol–water partition coefficient (Wildman–Crippen LogP) is 3.43. The molecule has 14 heavy (non-hydrogen) atoms. The molecule has 0 saturated carbocycles. The van der Waals surface area contributed by atoms with Gasteiger partial charge in [0.2, 0.25) is 0 Å². The Bertz CT molecular complexity index is 354. The molecule has 0 aromatic carbocycles. The Balaban J connectivity index is 3.06. The average Bonchev–Trinajstić information content (AvgIpc) is 2.04. The third-order valence-corrected chi connectivity index (χ3v) is 1.73. The molecule has 0 amide bonds. The first kappa shape index (κ1) is 11.3. The van der Waals surface area contributed by atoms with Gasteiger partial charge in [-0.05, 0) is 0 Å². The van der Waals surface area contributed by atoms with Crippen molar-refractivity contribution in [3.63, 3.8) is 0 Å². The molecule has 8 heteroatoms. The quantitative estimate of drug-likeness (QED) is 0.562. The van der Waals surface area contributed by atoms with Crippen LogP contribution in [0.5, 0.6) is 5.75 Å². The topological polar surface area (TPSA) is 22.1 Å². The normalized spacial score (nSPS) is 11.6. The van der Waals surface area contributed by atoms with Gasteiger partial charge in [0, 0.05) is 0 Å². The van der Waals surface area contributed by atoms with Gasteiger partial charge < -0.3 is 4.74 Å². The molecule has 0 spiro atoms. The summed E-state index contributed by atoms with van der Waals surface area (Å²) in [6, 6.07) is 0. The summed E-state index contributed by atoms with van der Waals surface area (Å²) in [6.07, 6.45) is -4.37. The van der Waals surface area contributed by atoms with E-state index in [2.05, 4.69) is 9.72 Å². The van der Waals surface area contributed by atoms with Gasteiger partial charge in [0.05, 0.1) is 6.20 Å². The van der Waals surface area contributed by atoms with Gasteiger partial charge in [0.15, 0.2) is 16.7 Å². The van der Waals surface area contributed by atoms with E-state index in [0.29, 0.717) is 6.20 Å². The summed E-state index contributed by atoms with van der Waals surface area (Å²) < 4.78 is 51.2. The average molecular weight is 250 g/mol. The zero-order valence-corrected chi connectivity index (χ0v) is 7.71. The minimum Gasteiger partial charge on any atom is -0.402 e. The summed E-state index contributed by atoms with van der Waals surface area (Å²) in [7, 11) is 0. The Kier molecular flexibility index (Phi) is 3.06. The second kappa shape index (κ2) is 3.78. The summed E-state index contributed by atoms with van der Waals surface area (Å²) in [5.41, 5.74) is 0. The van der Waals surface area contributed by atoms with Crippen molar-refractivity contribution >= 4 is 23.2 Å². The largest absolute Gasteiger partial charge is 0.573 e. The maximum Gasteiger partial charge on any atom is 0.573 e. The zero-order chi connectivity index (χ0) is 10.9. The van der Waals surface area contributed by atoms with Crippen LogP contribution in [-0.4, -0.2) is 11.3 Å². The summed E-state index contributed by atoms with van der Waals surface area (Å²) in [5.74, 6) is -2.18. The van der Waals surface area contributed by atoms with Crippen molar-refractivity contribution in [3.8, 4) is 5.75 Å². The van der Waals surface area contributed by atoms with Crippen molar-refractivity contribution in [2.45, 2.75) is 6.36 Å². The van der Waals surface area contributed by atoms with Crippen molar-refractivity contribution in [2.75, 3.05) is 0 Å². The first-order valence-corrected chi connectivity index (χ1v) is 3.82. The van der Waals surface area contributed by atoms with Crippen molar-refractivity contribution in [3.05, 3.63) is 22.2 Å². The molecule has 1 rings (SSSR count). The lowest BCUT2D eigenvalue weighted by Crippen LogP contribution is -2.17. The monoisotopic (exact) mass is 249 g/mol. The fraction of sp³-hybridized carbons (Fsp3) is 0.167. The molecule has 0 unspecified atom stereocenters.